The lowest BCUT2D eigenvalue weighted by molar-refractivity contribution is 0.0918. The van der Waals surface area contributed by atoms with Gasteiger partial charge in [-0.25, -0.2) is 14.5 Å². The molecule has 158 valence electrons. The number of anilines is 1. The second-order valence-corrected chi connectivity index (χ2v) is 7.44. The molecule has 9 nitrogen and oxygen atoms in total. The van der Waals surface area contributed by atoms with E-state index in [4.69, 9.17) is 10.5 Å². The summed E-state index contributed by atoms with van der Waals surface area (Å²) in [6.45, 7) is 4.07. The molecule has 0 saturated heterocycles. The highest BCUT2D eigenvalue weighted by Gasteiger charge is 2.19. The topological polar surface area (TPSA) is 123 Å². The van der Waals surface area contributed by atoms with Crippen molar-refractivity contribution in [2.75, 3.05) is 12.8 Å². The number of nitrogen functional groups attached to an aromatic ring is 1. The Morgan fingerprint density at radius 1 is 1.35 bits per heavy atom. The fraction of sp³-hybridized carbons (Fsp3) is 0.273. The van der Waals surface area contributed by atoms with Crippen LogP contribution in [0.1, 0.15) is 36.6 Å². The number of hydrogen-bond acceptors (Lipinski definition) is 6. The Bertz CT molecular complexity index is 1310. The maximum absolute atomic E-state index is 12.8. The van der Waals surface area contributed by atoms with Crippen LogP contribution in [0.4, 0.5) is 5.69 Å². The van der Waals surface area contributed by atoms with Crippen molar-refractivity contribution in [1.82, 2.24) is 29.9 Å². The number of fused-ring (bicyclic) bond motifs is 2. The summed E-state index contributed by atoms with van der Waals surface area (Å²) in [6, 6.07) is 7.03. The predicted octanol–water partition coefficient (Wildman–Crippen LogP) is 2.39. The minimum absolute atomic E-state index is 0.160. The van der Waals surface area contributed by atoms with Crippen LogP contribution in [0.15, 0.2) is 36.7 Å². The van der Waals surface area contributed by atoms with Gasteiger partial charge in [0.25, 0.3) is 5.91 Å². The van der Waals surface area contributed by atoms with Crippen molar-refractivity contribution in [3.8, 4) is 17.6 Å². The second kappa shape index (κ2) is 8.36. The number of para-hydroxylation sites is 1. The van der Waals surface area contributed by atoms with Crippen LogP contribution in [0.3, 0.4) is 0 Å². The fourth-order valence-electron chi connectivity index (χ4n) is 3.22. The first-order valence-corrected chi connectivity index (χ1v) is 9.88. The number of carbonyl (C=O) groups is 1. The molecule has 0 aliphatic heterocycles. The summed E-state index contributed by atoms with van der Waals surface area (Å²) in [5.41, 5.74) is 9.02. The highest BCUT2D eigenvalue weighted by atomic mass is 16.5. The molecular weight excluding hydrogens is 394 g/mol. The average molecular weight is 417 g/mol. The van der Waals surface area contributed by atoms with E-state index in [0.29, 0.717) is 34.7 Å². The molecule has 31 heavy (non-hydrogen) atoms. The molecule has 0 aliphatic rings. The van der Waals surface area contributed by atoms with Gasteiger partial charge >= 0.3 is 0 Å². The second-order valence-electron chi connectivity index (χ2n) is 7.44. The summed E-state index contributed by atoms with van der Waals surface area (Å²) in [5, 5.41) is 7.26. The molecule has 0 aliphatic carbocycles. The standard InChI is InChI=1S/C22H23N7O2/c1-13(2)16(7-4-6-14-12-24-21-15(23)10-11-25-29(14)21)27-22(30)20-26-17-8-5-9-18(31-3)19(17)28-20/h5,8-13,16H,7,23H2,1-3H3,(H,26,28)(H,27,30)/t16-/m1/s1. The Labute approximate surface area is 179 Å². The number of H-pyrrole nitrogens is 1. The van der Waals surface area contributed by atoms with Gasteiger partial charge in [0.2, 0.25) is 0 Å². The summed E-state index contributed by atoms with van der Waals surface area (Å²) in [6.07, 6.45) is 3.70. The maximum Gasteiger partial charge on any atom is 0.287 e. The Morgan fingerprint density at radius 3 is 2.97 bits per heavy atom. The molecule has 1 atom stereocenters. The molecule has 4 N–H and O–H groups in total. The quantitative estimate of drug-likeness (QED) is 0.429. The van der Waals surface area contributed by atoms with Crippen LogP contribution in [0.2, 0.25) is 0 Å². The number of rotatable bonds is 5. The van der Waals surface area contributed by atoms with Gasteiger partial charge in [-0.15, -0.1) is 0 Å². The van der Waals surface area contributed by atoms with E-state index in [2.05, 4.69) is 37.2 Å². The molecule has 0 spiro atoms. The predicted molar refractivity (Wildman–Crippen MR) is 118 cm³/mol. The number of nitrogens with zero attached hydrogens (tertiary/aromatic N) is 4. The van der Waals surface area contributed by atoms with Gasteiger partial charge < -0.3 is 20.8 Å². The molecule has 0 radical (unpaired) electrons. The zero-order valence-corrected chi connectivity index (χ0v) is 17.5. The van der Waals surface area contributed by atoms with Gasteiger partial charge in [0.15, 0.2) is 11.5 Å². The molecule has 1 aromatic carbocycles. The lowest BCUT2D eigenvalue weighted by Crippen LogP contribution is -2.38. The molecule has 1 amide bonds. The first-order valence-electron chi connectivity index (χ1n) is 9.88. The Morgan fingerprint density at radius 2 is 2.19 bits per heavy atom. The van der Waals surface area contributed by atoms with E-state index in [-0.39, 0.29) is 23.7 Å². The van der Waals surface area contributed by atoms with Gasteiger partial charge in [-0.1, -0.05) is 25.8 Å². The van der Waals surface area contributed by atoms with Crippen molar-refractivity contribution in [2.24, 2.45) is 5.92 Å². The molecule has 9 heteroatoms. The third kappa shape index (κ3) is 4.00. The van der Waals surface area contributed by atoms with Crippen molar-refractivity contribution in [1.29, 1.82) is 0 Å². The summed E-state index contributed by atoms with van der Waals surface area (Å²) in [4.78, 5) is 24.5. The largest absolute Gasteiger partial charge is 0.494 e. The zero-order chi connectivity index (χ0) is 22.0. The van der Waals surface area contributed by atoms with E-state index in [0.717, 1.165) is 5.52 Å². The first kappa shape index (κ1) is 20.2. The van der Waals surface area contributed by atoms with Crippen LogP contribution in [-0.2, 0) is 0 Å². The summed E-state index contributed by atoms with van der Waals surface area (Å²) in [7, 11) is 1.57. The monoisotopic (exact) mass is 417 g/mol. The zero-order valence-electron chi connectivity index (χ0n) is 17.5. The summed E-state index contributed by atoms with van der Waals surface area (Å²) < 4.78 is 6.92. The first-order chi connectivity index (χ1) is 15.0. The number of nitrogens with two attached hydrogens (primary N) is 1. The number of ether oxygens (including phenoxy) is 1. The SMILES string of the molecule is COc1cccc2[nH]c(C(=O)N[C@H](CC#Cc3cnc4c(N)ccnn34)C(C)C)nc12. The molecule has 4 aromatic rings. The molecule has 0 saturated carbocycles. The fourth-order valence-corrected chi connectivity index (χ4v) is 3.22. The van der Waals surface area contributed by atoms with Crippen molar-refractivity contribution in [3.05, 3.63) is 48.2 Å². The normalized spacial score (nSPS) is 12.0. The van der Waals surface area contributed by atoms with E-state index < -0.39 is 0 Å². The lowest BCUT2D eigenvalue weighted by atomic mass is 10.0. The third-order valence-electron chi connectivity index (χ3n) is 5.00. The van der Waals surface area contributed by atoms with Crippen molar-refractivity contribution < 1.29 is 9.53 Å². The third-order valence-corrected chi connectivity index (χ3v) is 5.00. The molecule has 0 bridgehead atoms. The van der Waals surface area contributed by atoms with E-state index in [1.807, 2.05) is 26.0 Å². The van der Waals surface area contributed by atoms with E-state index >= 15 is 0 Å². The highest BCUT2D eigenvalue weighted by Crippen LogP contribution is 2.23. The Kier molecular flexibility index (Phi) is 5.45. The van der Waals surface area contributed by atoms with Crippen molar-refractivity contribution >= 4 is 28.3 Å². The van der Waals surface area contributed by atoms with Crippen molar-refractivity contribution in [3.63, 3.8) is 0 Å². The Hall–Kier alpha value is -4.06. The van der Waals surface area contributed by atoms with Gasteiger partial charge in [-0.2, -0.15) is 5.10 Å². The van der Waals surface area contributed by atoms with Gasteiger partial charge in [-0.05, 0) is 30.0 Å². The number of hydrogen-bond donors (Lipinski definition) is 3. The molecular formula is C22H23N7O2. The van der Waals surface area contributed by atoms with Gasteiger partial charge in [0.05, 0.1) is 30.7 Å². The van der Waals surface area contributed by atoms with E-state index in [1.54, 1.807) is 36.2 Å². The van der Waals surface area contributed by atoms with Crippen LogP contribution in [0, 0.1) is 17.8 Å². The molecule has 3 aromatic heterocycles. The van der Waals surface area contributed by atoms with Crippen LogP contribution < -0.4 is 15.8 Å². The number of imidazole rings is 2. The van der Waals surface area contributed by atoms with Crippen LogP contribution in [0.25, 0.3) is 16.7 Å². The number of benzene rings is 1. The van der Waals surface area contributed by atoms with Crippen LogP contribution in [0.5, 0.6) is 5.75 Å². The Balaban J connectivity index is 1.50. The summed E-state index contributed by atoms with van der Waals surface area (Å²) in [5.74, 6) is 6.93. The molecule has 0 fully saturated rings. The molecule has 0 unspecified atom stereocenters. The maximum atomic E-state index is 12.8. The number of aromatic amines is 1. The van der Waals surface area contributed by atoms with E-state index in [1.165, 1.54) is 0 Å². The minimum Gasteiger partial charge on any atom is -0.494 e. The van der Waals surface area contributed by atoms with Gasteiger partial charge in [-0.3, -0.25) is 4.79 Å². The van der Waals surface area contributed by atoms with Gasteiger partial charge in [0, 0.05) is 12.5 Å². The van der Waals surface area contributed by atoms with E-state index in [9.17, 15) is 4.79 Å². The number of nitrogens with one attached hydrogen (secondary N) is 2. The van der Waals surface area contributed by atoms with Crippen molar-refractivity contribution in [2.45, 2.75) is 26.3 Å². The number of methoxy groups -OCH3 is 1. The number of amides is 1. The smallest absolute Gasteiger partial charge is 0.287 e. The summed E-state index contributed by atoms with van der Waals surface area (Å²) >= 11 is 0. The number of aromatic nitrogens is 5. The van der Waals surface area contributed by atoms with Crippen LogP contribution in [-0.4, -0.2) is 43.6 Å². The number of carbonyl (C=O) groups excluding carboxylic acids is 1. The van der Waals surface area contributed by atoms with Crippen LogP contribution >= 0.6 is 0 Å². The highest BCUT2D eigenvalue weighted by molar-refractivity contribution is 5.95. The minimum atomic E-state index is -0.289. The average Bonchev–Trinajstić information content (AvgIpc) is 3.38. The molecule has 4 rings (SSSR count). The van der Waals surface area contributed by atoms with Gasteiger partial charge in [0.1, 0.15) is 17.0 Å². The molecule has 3 heterocycles. The lowest BCUT2D eigenvalue weighted by Gasteiger charge is -2.19.